The molecule has 5 atom stereocenters. The number of benzene rings is 2. The van der Waals surface area contributed by atoms with Crippen molar-refractivity contribution >= 4 is 26.5 Å². The quantitative estimate of drug-likeness (QED) is 0.476. The lowest BCUT2D eigenvalue weighted by molar-refractivity contribution is -0.139. The van der Waals surface area contributed by atoms with Gasteiger partial charge in [-0.15, -0.1) is 0 Å². The van der Waals surface area contributed by atoms with Gasteiger partial charge >= 0.3 is 0 Å². The van der Waals surface area contributed by atoms with Crippen LogP contribution in [0.1, 0.15) is 27.7 Å². The fraction of sp³-hybridized carbons (Fsp3) is 0.462. The van der Waals surface area contributed by atoms with Gasteiger partial charge in [-0.1, -0.05) is 88.0 Å². The van der Waals surface area contributed by atoms with E-state index in [1.165, 1.54) is 7.11 Å². The Labute approximate surface area is 199 Å². The zero-order valence-electron chi connectivity index (χ0n) is 20.5. The van der Waals surface area contributed by atoms with E-state index in [0.29, 0.717) is 5.57 Å². The molecule has 0 bridgehead atoms. The third-order valence-corrected chi connectivity index (χ3v) is 11.7. The van der Waals surface area contributed by atoms with Crippen LogP contribution < -0.4 is 10.4 Å². The van der Waals surface area contributed by atoms with Gasteiger partial charge in [0.05, 0.1) is 12.6 Å². The van der Waals surface area contributed by atoms with Gasteiger partial charge in [0.25, 0.3) is 8.32 Å². The summed E-state index contributed by atoms with van der Waals surface area (Å²) in [6, 6.07) is 19.7. The number of aliphatic hydroxyl groups excluding tert-OH is 1. The van der Waals surface area contributed by atoms with E-state index >= 15 is 4.39 Å². The van der Waals surface area contributed by atoms with Gasteiger partial charge in [0.1, 0.15) is 20.1 Å². The maximum Gasteiger partial charge on any atom is 0.261 e. The van der Waals surface area contributed by atoms with Crippen molar-refractivity contribution in [1.29, 1.82) is 0 Å². The Kier molecular flexibility index (Phi) is 7.71. The fourth-order valence-electron chi connectivity index (χ4n) is 5.15. The number of rotatable bonds is 8. The molecule has 4 nitrogen and oxygen atoms in total. The molecule has 1 fully saturated rings. The minimum atomic E-state index is -2.94. The highest BCUT2D eigenvalue weighted by atomic mass is 28.4. The monoisotopic (exact) mass is 470 g/mol. The Morgan fingerprint density at radius 1 is 1.15 bits per heavy atom. The van der Waals surface area contributed by atoms with Crippen molar-refractivity contribution in [1.82, 2.24) is 0 Å². The van der Waals surface area contributed by atoms with E-state index < -0.39 is 38.3 Å². The molecule has 0 spiro atoms. The summed E-state index contributed by atoms with van der Waals surface area (Å²) in [6.07, 6.45) is -3.44. The van der Waals surface area contributed by atoms with Gasteiger partial charge in [-0.3, -0.25) is 0 Å². The lowest BCUT2D eigenvalue weighted by Crippen LogP contribution is -2.69. The van der Waals surface area contributed by atoms with E-state index in [0.717, 1.165) is 10.4 Å². The normalized spacial score (nSPS) is 26.8. The zero-order chi connectivity index (χ0) is 24.4. The van der Waals surface area contributed by atoms with Crippen molar-refractivity contribution in [2.45, 2.75) is 62.7 Å². The summed E-state index contributed by atoms with van der Waals surface area (Å²) >= 11 is 0. The van der Waals surface area contributed by atoms with Crippen LogP contribution in [-0.2, 0) is 13.9 Å². The van der Waals surface area contributed by atoms with Crippen LogP contribution in [-0.4, -0.2) is 65.0 Å². The summed E-state index contributed by atoms with van der Waals surface area (Å²) in [5.41, 5.74) is -1.20. The molecule has 33 heavy (non-hydrogen) atoms. The van der Waals surface area contributed by atoms with Crippen LogP contribution in [0.5, 0.6) is 0 Å². The van der Waals surface area contributed by atoms with Crippen molar-refractivity contribution in [2.24, 2.45) is 0 Å². The number of alkyl halides is 1. The second kappa shape index (κ2) is 9.84. The molecular formula is C26H36BFO4Si. The Morgan fingerprint density at radius 2 is 1.64 bits per heavy atom. The second-order valence-electron chi connectivity index (χ2n) is 10.1. The van der Waals surface area contributed by atoms with E-state index in [1.807, 2.05) is 36.4 Å². The molecule has 0 radical (unpaired) electrons. The van der Waals surface area contributed by atoms with E-state index in [4.69, 9.17) is 13.9 Å². The molecule has 1 saturated heterocycles. The minimum Gasteiger partial charge on any atom is -0.404 e. The van der Waals surface area contributed by atoms with E-state index in [-0.39, 0.29) is 11.6 Å². The third-order valence-electron chi connectivity index (χ3n) is 6.72. The minimum absolute atomic E-state index is 0.0752. The van der Waals surface area contributed by atoms with Crippen LogP contribution in [0.3, 0.4) is 0 Å². The first-order chi connectivity index (χ1) is 15.5. The lowest BCUT2D eigenvalue weighted by Gasteiger charge is -2.46. The average molecular weight is 470 g/mol. The predicted octanol–water partition coefficient (Wildman–Crippen LogP) is 2.58. The number of halogens is 1. The highest BCUT2D eigenvalue weighted by Gasteiger charge is 2.61. The zero-order valence-corrected chi connectivity index (χ0v) is 21.5. The predicted molar refractivity (Wildman–Crippen MR) is 136 cm³/mol. The van der Waals surface area contributed by atoms with Crippen molar-refractivity contribution in [3.63, 3.8) is 0 Å². The van der Waals surface area contributed by atoms with Gasteiger partial charge < -0.3 is 19.0 Å². The first-order valence-corrected chi connectivity index (χ1v) is 13.3. The van der Waals surface area contributed by atoms with E-state index in [1.54, 1.807) is 14.8 Å². The molecule has 0 aliphatic carbocycles. The second-order valence-corrected chi connectivity index (χ2v) is 14.4. The van der Waals surface area contributed by atoms with Gasteiger partial charge in [-0.2, -0.15) is 0 Å². The van der Waals surface area contributed by atoms with Gasteiger partial charge in [-0.05, 0) is 27.9 Å². The molecule has 2 aromatic carbocycles. The number of methoxy groups -OCH3 is 1. The Balaban J connectivity index is 2.18. The third kappa shape index (κ3) is 4.49. The lowest BCUT2D eigenvalue weighted by atomic mass is 9.85. The molecule has 1 unspecified atom stereocenters. The summed E-state index contributed by atoms with van der Waals surface area (Å²) in [5, 5.41) is 12.7. The molecule has 178 valence electrons. The van der Waals surface area contributed by atoms with Gasteiger partial charge in [0, 0.05) is 7.11 Å². The van der Waals surface area contributed by atoms with Crippen LogP contribution in [0.15, 0.2) is 72.8 Å². The maximum atomic E-state index is 15.9. The molecule has 1 aliphatic heterocycles. The molecule has 0 aromatic heterocycles. The molecule has 1 N–H and O–H groups in total. The molecule has 0 amide bonds. The van der Waals surface area contributed by atoms with Crippen LogP contribution in [0.2, 0.25) is 5.04 Å². The van der Waals surface area contributed by atoms with E-state index in [2.05, 4.69) is 51.6 Å². The Hall–Kier alpha value is -1.77. The first kappa shape index (κ1) is 25.8. The van der Waals surface area contributed by atoms with Crippen molar-refractivity contribution in [3.8, 4) is 0 Å². The molecular weight excluding hydrogens is 434 g/mol. The topological polar surface area (TPSA) is 47.9 Å². The van der Waals surface area contributed by atoms with E-state index in [9.17, 15) is 5.11 Å². The van der Waals surface area contributed by atoms with Crippen LogP contribution >= 0.6 is 0 Å². The van der Waals surface area contributed by atoms with Crippen LogP contribution in [0.4, 0.5) is 4.39 Å². The highest BCUT2D eigenvalue weighted by Crippen LogP contribution is 2.42. The Bertz CT molecular complexity index is 897. The summed E-state index contributed by atoms with van der Waals surface area (Å²) in [4.78, 5) is 0. The van der Waals surface area contributed by atoms with Gasteiger partial charge in [-0.25, -0.2) is 4.39 Å². The molecule has 7 heteroatoms. The summed E-state index contributed by atoms with van der Waals surface area (Å²) in [6.45, 7) is 11.9. The fourth-order valence-corrected chi connectivity index (χ4v) is 9.75. The SMILES string of the molecule is B[C@@H]1O[C@@](CO[Si](c2ccccc2)(c2ccccc2)C(C)(C)C)(C(F)C(=C)C)[C@@H](OC)[C@H]1O. The Morgan fingerprint density at radius 3 is 2.03 bits per heavy atom. The molecule has 2 aromatic rings. The van der Waals surface area contributed by atoms with Crippen molar-refractivity contribution in [2.75, 3.05) is 13.7 Å². The van der Waals surface area contributed by atoms with Gasteiger partial charge in [0.2, 0.25) is 0 Å². The molecule has 1 heterocycles. The van der Waals surface area contributed by atoms with Crippen LogP contribution in [0, 0.1) is 0 Å². The molecule has 3 rings (SSSR count). The standard InChI is InChI=1S/C26H36BFO4Si/c1-18(2)22(28)26(23(30-6)21(29)24(27)32-26)17-31-33(25(3,4)5,19-13-9-7-10-14-19)20-15-11-8-12-16-20/h7-16,21-24,29H,1,17,27H2,2-6H3/t21-,22?,23+,24-,26+/m1/s1. The largest absolute Gasteiger partial charge is 0.404 e. The average Bonchev–Trinajstić information content (AvgIpc) is 3.04. The maximum absolute atomic E-state index is 15.9. The van der Waals surface area contributed by atoms with Crippen molar-refractivity contribution < 1.29 is 23.4 Å². The smallest absolute Gasteiger partial charge is 0.261 e. The number of ether oxygens (including phenoxy) is 2. The summed E-state index contributed by atoms with van der Waals surface area (Å²) < 4.78 is 34.6. The number of aliphatic hydroxyl groups is 1. The van der Waals surface area contributed by atoms with Crippen LogP contribution in [0.25, 0.3) is 0 Å². The summed E-state index contributed by atoms with van der Waals surface area (Å²) in [7, 11) is 0.254. The summed E-state index contributed by atoms with van der Waals surface area (Å²) in [5.74, 6) is 0. The van der Waals surface area contributed by atoms with Crippen molar-refractivity contribution in [3.05, 3.63) is 72.8 Å². The number of hydrogen-bond acceptors (Lipinski definition) is 4. The first-order valence-electron chi connectivity index (χ1n) is 11.4. The molecule has 0 saturated carbocycles. The highest BCUT2D eigenvalue weighted by molar-refractivity contribution is 6.99. The molecule has 1 aliphatic rings. The van der Waals surface area contributed by atoms with Gasteiger partial charge in [0.15, 0.2) is 11.8 Å². The number of hydrogen-bond donors (Lipinski definition) is 1.